The molecule has 90 valence electrons. The molecule has 1 heterocycles. The molecule has 0 aliphatic heterocycles. The van der Waals surface area contributed by atoms with E-state index in [1.807, 2.05) is 24.3 Å². The van der Waals surface area contributed by atoms with E-state index in [1.54, 1.807) is 18.8 Å². The van der Waals surface area contributed by atoms with Gasteiger partial charge in [-0.15, -0.1) is 0 Å². The number of rotatable bonds is 4. The second kappa shape index (κ2) is 4.82. The van der Waals surface area contributed by atoms with Crippen LogP contribution < -0.4 is 10.4 Å². The Balaban J connectivity index is 2.02. The number of benzene rings is 1. The van der Waals surface area contributed by atoms with Crippen molar-refractivity contribution in [1.29, 1.82) is 5.41 Å². The molecule has 1 N–H and O–H groups in total. The van der Waals surface area contributed by atoms with Crippen LogP contribution in [0.4, 0.5) is 0 Å². The predicted molar refractivity (Wildman–Crippen MR) is 61.5 cm³/mol. The number of methoxy groups -OCH3 is 1. The smallest absolute Gasteiger partial charge is 0.238 e. The molecule has 2 rings (SSSR count). The zero-order chi connectivity index (χ0) is 12.3. The highest BCUT2D eigenvalue weighted by Crippen LogP contribution is 2.11. The third kappa shape index (κ3) is 2.52. The fraction of sp³-hybridized carbons (Fsp3) is 0.364. The van der Waals surface area contributed by atoms with Crippen molar-refractivity contribution >= 4 is 0 Å². The van der Waals surface area contributed by atoms with Crippen LogP contribution in [-0.4, -0.2) is 26.9 Å². The van der Waals surface area contributed by atoms with Gasteiger partial charge in [-0.2, -0.15) is 0 Å². The summed E-state index contributed by atoms with van der Waals surface area (Å²) in [5, 5.41) is 15.3. The Morgan fingerprint density at radius 3 is 2.47 bits per heavy atom. The molecule has 0 fully saturated rings. The van der Waals surface area contributed by atoms with Crippen molar-refractivity contribution in [2.75, 3.05) is 7.11 Å². The van der Waals surface area contributed by atoms with Crippen LogP contribution in [0.1, 0.15) is 5.56 Å². The number of ether oxygens (including phenoxy) is 1. The van der Waals surface area contributed by atoms with E-state index < -0.39 is 0 Å². The monoisotopic (exact) mass is 233 g/mol. The molecular formula is C11H15N5O. The van der Waals surface area contributed by atoms with Crippen molar-refractivity contribution in [3.63, 3.8) is 0 Å². The maximum absolute atomic E-state index is 7.69. The van der Waals surface area contributed by atoms with E-state index in [1.165, 1.54) is 10.2 Å². The maximum atomic E-state index is 7.69. The van der Waals surface area contributed by atoms with E-state index in [-0.39, 0.29) is 0 Å². The van der Waals surface area contributed by atoms with E-state index in [0.717, 1.165) is 12.2 Å². The minimum Gasteiger partial charge on any atom is -0.497 e. The molecule has 0 amide bonds. The van der Waals surface area contributed by atoms with Crippen molar-refractivity contribution in [3.8, 4) is 5.75 Å². The summed E-state index contributed by atoms with van der Waals surface area (Å²) in [4.78, 5) is 0. The lowest BCUT2D eigenvalue weighted by atomic mass is 10.1. The molecule has 0 aliphatic carbocycles. The second-order valence-electron chi connectivity index (χ2n) is 3.75. The lowest BCUT2D eigenvalue weighted by Crippen LogP contribution is -2.24. The van der Waals surface area contributed by atoms with Crippen LogP contribution in [0.15, 0.2) is 24.3 Å². The van der Waals surface area contributed by atoms with Crippen LogP contribution in [0.3, 0.4) is 0 Å². The lowest BCUT2D eigenvalue weighted by Gasteiger charge is -2.03. The molecule has 1 aromatic carbocycles. The van der Waals surface area contributed by atoms with Crippen LogP contribution >= 0.6 is 0 Å². The van der Waals surface area contributed by atoms with Gasteiger partial charge in [-0.3, -0.25) is 5.41 Å². The molecule has 6 nitrogen and oxygen atoms in total. The first-order valence-electron chi connectivity index (χ1n) is 5.35. The first-order valence-corrected chi connectivity index (χ1v) is 5.35. The molecular weight excluding hydrogens is 218 g/mol. The highest BCUT2D eigenvalue weighted by molar-refractivity contribution is 5.27. The van der Waals surface area contributed by atoms with Crippen molar-refractivity contribution in [2.45, 2.75) is 13.0 Å². The van der Waals surface area contributed by atoms with Crippen molar-refractivity contribution in [3.05, 3.63) is 35.4 Å². The molecule has 0 saturated heterocycles. The molecule has 0 radical (unpaired) electrons. The number of hydrogen-bond donors (Lipinski definition) is 1. The van der Waals surface area contributed by atoms with E-state index in [2.05, 4.69) is 10.4 Å². The molecule has 1 aromatic heterocycles. The largest absolute Gasteiger partial charge is 0.497 e. The number of tetrazole rings is 1. The summed E-state index contributed by atoms with van der Waals surface area (Å²) in [7, 11) is 3.36. The van der Waals surface area contributed by atoms with Gasteiger partial charge in [0.2, 0.25) is 5.62 Å². The summed E-state index contributed by atoms with van der Waals surface area (Å²) in [5.74, 6) is 0.849. The summed E-state index contributed by atoms with van der Waals surface area (Å²) in [5.41, 5.74) is 1.49. The van der Waals surface area contributed by atoms with E-state index in [4.69, 9.17) is 10.1 Å². The Morgan fingerprint density at radius 2 is 1.94 bits per heavy atom. The van der Waals surface area contributed by atoms with Gasteiger partial charge in [0.05, 0.1) is 13.7 Å². The first kappa shape index (κ1) is 11.4. The topological polar surface area (TPSA) is 68.7 Å². The summed E-state index contributed by atoms with van der Waals surface area (Å²) >= 11 is 0. The third-order valence-electron chi connectivity index (χ3n) is 2.60. The standard InChI is InChI=1S/C11H15N5O/c1-15-11(12)16(14-13-15)8-7-9-3-5-10(17-2)6-4-9/h3-6,12H,7-8H2,1-2H3. The Hall–Kier alpha value is -2.11. The van der Waals surface area contributed by atoms with Gasteiger partial charge in [-0.25, -0.2) is 9.36 Å². The summed E-state index contributed by atoms with van der Waals surface area (Å²) in [6.45, 7) is 0.652. The maximum Gasteiger partial charge on any atom is 0.238 e. The third-order valence-corrected chi connectivity index (χ3v) is 2.60. The van der Waals surface area contributed by atoms with Gasteiger partial charge in [-0.1, -0.05) is 12.1 Å². The van der Waals surface area contributed by atoms with Crippen LogP contribution in [0.2, 0.25) is 0 Å². The average molecular weight is 233 g/mol. The molecule has 0 atom stereocenters. The van der Waals surface area contributed by atoms with Crippen LogP contribution in [0, 0.1) is 5.41 Å². The number of nitrogens with zero attached hydrogens (tertiary/aromatic N) is 4. The van der Waals surface area contributed by atoms with E-state index in [9.17, 15) is 0 Å². The zero-order valence-electron chi connectivity index (χ0n) is 9.92. The molecule has 0 spiro atoms. The van der Waals surface area contributed by atoms with Gasteiger partial charge >= 0.3 is 0 Å². The molecule has 0 unspecified atom stereocenters. The highest BCUT2D eigenvalue weighted by Gasteiger charge is 2.00. The molecule has 2 aromatic rings. The molecule has 0 bridgehead atoms. The van der Waals surface area contributed by atoms with Crippen LogP contribution in [0.25, 0.3) is 0 Å². The first-order chi connectivity index (χ1) is 8.20. The Morgan fingerprint density at radius 1 is 1.24 bits per heavy atom. The molecule has 0 aliphatic rings. The van der Waals surface area contributed by atoms with Gasteiger partial charge in [-0.05, 0) is 34.5 Å². The number of aromatic nitrogens is 4. The SMILES string of the molecule is COc1ccc(CCn2nnn(C)c2=N)cc1. The average Bonchev–Trinajstić information content (AvgIpc) is 2.68. The van der Waals surface area contributed by atoms with Gasteiger partial charge in [0.15, 0.2) is 0 Å². The normalized spacial score (nSPS) is 10.5. The number of aryl methyl sites for hydroxylation is 3. The number of nitrogens with one attached hydrogen (secondary N) is 1. The fourth-order valence-electron chi connectivity index (χ4n) is 1.54. The zero-order valence-corrected chi connectivity index (χ0v) is 9.92. The number of hydrogen-bond acceptors (Lipinski definition) is 4. The van der Waals surface area contributed by atoms with E-state index in [0.29, 0.717) is 12.2 Å². The molecule has 17 heavy (non-hydrogen) atoms. The Bertz CT molecular complexity index is 540. The van der Waals surface area contributed by atoms with Crippen LogP contribution in [-0.2, 0) is 20.0 Å². The fourth-order valence-corrected chi connectivity index (χ4v) is 1.54. The molecule has 6 heteroatoms. The summed E-state index contributed by atoms with van der Waals surface area (Å²) < 4.78 is 8.11. The van der Waals surface area contributed by atoms with Crippen molar-refractivity contribution in [1.82, 2.24) is 19.8 Å². The highest BCUT2D eigenvalue weighted by atomic mass is 16.5. The summed E-state index contributed by atoms with van der Waals surface area (Å²) in [6.07, 6.45) is 0.819. The Kier molecular flexibility index (Phi) is 3.22. The van der Waals surface area contributed by atoms with E-state index >= 15 is 0 Å². The second-order valence-corrected chi connectivity index (χ2v) is 3.75. The molecule has 0 saturated carbocycles. The minimum absolute atomic E-state index is 0.304. The van der Waals surface area contributed by atoms with Crippen LogP contribution in [0.5, 0.6) is 5.75 Å². The van der Waals surface area contributed by atoms with Crippen molar-refractivity contribution < 1.29 is 4.74 Å². The Labute approximate surface area is 98.9 Å². The van der Waals surface area contributed by atoms with Gasteiger partial charge in [0.1, 0.15) is 5.75 Å². The van der Waals surface area contributed by atoms with Gasteiger partial charge in [0, 0.05) is 7.05 Å². The quantitative estimate of drug-likeness (QED) is 0.828. The van der Waals surface area contributed by atoms with Crippen molar-refractivity contribution in [2.24, 2.45) is 7.05 Å². The predicted octanol–water partition coefficient (Wildman–Crippen LogP) is 0.347. The lowest BCUT2D eigenvalue weighted by molar-refractivity contribution is 0.414. The minimum atomic E-state index is 0.304. The summed E-state index contributed by atoms with van der Waals surface area (Å²) in [6, 6.07) is 7.88. The van der Waals surface area contributed by atoms with Gasteiger partial charge < -0.3 is 4.74 Å². The van der Waals surface area contributed by atoms with Gasteiger partial charge in [0.25, 0.3) is 0 Å².